The maximum absolute atomic E-state index is 12.4. The summed E-state index contributed by atoms with van der Waals surface area (Å²) < 4.78 is 0. The molecule has 0 bridgehead atoms. The minimum absolute atomic E-state index is 0.0788. The highest BCUT2D eigenvalue weighted by Crippen LogP contribution is 2.23. The van der Waals surface area contributed by atoms with E-state index in [1.54, 1.807) is 16.2 Å². The Hall–Kier alpha value is -1.16. The molecule has 0 radical (unpaired) electrons. The molecule has 1 unspecified atom stereocenters. The number of ketones is 1. The average Bonchev–Trinajstić information content (AvgIpc) is 2.65. The zero-order valence-electron chi connectivity index (χ0n) is 12.6. The minimum atomic E-state index is 0.0788. The highest BCUT2D eigenvalue weighted by atomic mass is 32.1. The standard InChI is InChI=1S/C16H23NO2S/c1-4-13-5-6-16(19)17(8-7-13)10-15(18)14-9-11(2)20-12(14)3/h9,13H,4-8,10H2,1-3H3. The minimum Gasteiger partial charge on any atom is -0.335 e. The maximum Gasteiger partial charge on any atom is 0.222 e. The molecule has 1 atom stereocenters. The summed E-state index contributed by atoms with van der Waals surface area (Å²) in [4.78, 5) is 28.4. The van der Waals surface area contributed by atoms with E-state index in [1.165, 1.54) is 0 Å². The number of carbonyl (C=O) groups excluding carboxylic acids is 2. The molecule has 1 aliphatic heterocycles. The Morgan fingerprint density at radius 1 is 1.40 bits per heavy atom. The molecule has 3 nitrogen and oxygen atoms in total. The smallest absolute Gasteiger partial charge is 0.222 e. The van der Waals surface area contributed by atoms with E-state index in [0.29, 0.717) is 12.3 Å². The molecule has 20 heavy (non-hydrogen) atoms. The summed E-state index contributed by atoms with van der Waals surface area (Å²) >= 11 is 1.64. The van der Waals surface area contributed by atoms with E-state index in [9.17, 15) is 9.59 Å². The first-order valence-corrected chi connectivity index (χ1v) is 8.21. The van der Waals surface area contributed by atoms with E-state index in [2.05, 4.69) is 6.92 Å². The molecule has 4 heteroatoms. The van der Waals surface area contributed by atoms with Crippen LogP contribution in [0.25, 0.3) is 0 Å². The third-order valence-electron chi connectivity index (χ3n) is 4.18. The first-order chi connectivity index (χ1) is 9.51. The van der Waals surface area contributed by atoms with E-state index in [4.69, 9.17) is 0 Å². The van der Waals surface area contributed by atoms with Gasteiger partial charge in [0.1, 0.15) is 0 Å². The van der Waals surface area contributed by atoms with Crippen LogP contribution in [0, 0.1) is 19.8 Å². The highest BCUT2D eigenvalue weighted by molar-refractivity contribution is 7.12. The Morgan fingerprint density at radius 3 is 2.75 bits per heavy atom. The second-order valence-corrected chi connectivity index (χ2v) is 7.13. The molecule has 0 aromatic carbocycles. The first-order valence-electron chi connectivity index (χ1n) is 7.39. The van der Waals surface area contributed by atoms with Crippen molar-refractivity contribution in [2.24, 2.45) is 5.92 Å². The number of Topliss-reactive ketones (excluding diaryl/α,β-unsaturated/α-hetero) is 1. The van der Waals surface area contributed by atoms with E-state index in [1.807, 2.05) is 19.9 Å². The van der Waals surface area contributed by atoms with Gasteiger partial charge < -0.3 is 4.90 Å². The van der Waals surface area contributed by atoms with Crippen molar-refractivity contribution in [3.05, 3.63) is 21.4 Å². The van der Waals surface area contributed by atoms with Gasteiger partial charge in [-0.3, -0.25) is 9.59 Å². The van der Waals surface area contributed by atoms with Crippen LogP contribution >= 0.6 is 11.3 Å². The maximum atomic E-state index is 12.4. The topological polar surface area (TPSA) is 37.4 Å². The summed E-state index contributed by atoms with van der Waals surface area (Å²) in [5.74, 6) is 0.846. The molecule has 2 heterocycles. The number of thiophene rings is 1. The molecule has 2 rings (SSSR count). The van der Waals surface area contributed by atoms with Gasteiger partial charge in [-0.2, -0.15) is 0 Å². The van der Waals surface area contributed by atoms with Crippen LogP contribution in [0.2, 0.25) is 0 Å². The van der Waals surface area contributed by atoms with E-state index in [-0.39, 0.29) is 18.2 Å². The Labute approximate surface area is 125 Å². The summed E-state index contributed by atoms with van der Waals surface area (Å²) in [6.45, 7) is 7.13. The summed E-state index contributed by atoms with van der Waals surface area (Å²) in [6.07, 6.45) is 3.71. The summed E-state index contributed by atoms with van der Waals surface area (Å²) in [7, 11) is 0. The Morgan fingerprint density at radius 2 is 2.15 bits per heavy atom. The van der Waals surface area contributed by atoms with Gasteiger partial charge in [0.2, 0.25) is 5.91 Å². The number of aryl methyl sites for hydroxylation is 2. The van der Waals surface area contributed by atoms with Crippen LogP contribution in [-0.2, 0) is 4.79 Å². The van der Waals surface area contributed by atoms with Crippen LogP contribution in [-0.4, -0.2) is 29.7 Å². The fraction of sp³-hybridized carbons (Fsp3) is 0.625. The van der Waals surface area contributed by atoms with Crippen molar-refractivity contribution in [1.29, 1.82) is 0 Å². The quantitative estimate of drug-likeness (QED) is 0.796. The van der Waals surface area contributed by atoms with Crippen LogP contribution in [0.1, 0.15) is 52.7 Å². The van der Waals surface area contributed by atoms with Gasteiger partial charge in [0.05, 0.1) is 6.54 Å². The summed E-state index contributed by atoms with van der Waals surface area (Å²) in [5, 5.41) is 0. The first kappa shape index (κ1) is 15.2. The molecule has 0 aliphatic carbocycles. The van der Waals surface area contributed by atoms with Gasteiger partial charge in [0, 0.05) is 28.3 Å². The number of nitrogens with zero attached hydrogens (tertiary/aromatic N) is 1. The lowest BCUT2D eigenvalue weighted by Crippen LogP contribution is -2.35. The van der Waals surface area contributed by atoms with Crippen molar-refractivity contribution in [1.82, 2.24) is 4.90 Å². The average molecular weight is 293 g/mol. The van der Waals surface area contributed by atoms with Gasteiger partial charge in [-0.15, -0.1) is 11.3 Å². The van der Waals surface area contributed by atoms with Crippen molar-refractivity contribution >= 4 is 23.0 Å². The summed E-state index contributed by atoms with van der Waals surface area (Å²) in [6, 6.07) is 1.94. The van der Waals surface area contributed by atoms with Crippen molar-refractivity contribution in [3.8, 4) is 0 Å². The SMILES string of the molecule is CCC1CCC(=O)N(CC(=O)c2cc(C)sc2C)CC1. The molecule has 1 fully saturated rings. The number of amides is 1. The van der Waals surface area contributed by atoms with E-state index < -0.39 is 0 Å². The Balaban J connectivity index is 2.03. The van der Waals surface area contributed by atoms with Crippen molar-refractivity contribution in [2.45, 2.75) is 46.5 Å². The zero-order valence-corrected chi connectivity index (χ0v) is 13.4. The van der Waals surface area contributed by atoms with Gasteiger partial charge in [0.25, 0.3) is 0 Å². The molecule has 0 saturated carbocycles. The molecule has 1 saturated heterocycles. The molecule has 0 spiro atoms. The van der Waals surface area contributed by atoms with Crippen LogP contribution in [0.4, 0.5) is 0 Å². The monoisotopic (exact) mass is 293 g/mol. The van der Waals surface area contributed by atoms with Crippen molar-refractivity contribution in [3.63, 3.8) is 0 Å². The van der Waals surface area contributed by atoms with Crippen molar-refractivity contribution in [2.75, 3.05) is 13.1 Å². The molecular formula is C16H23NO2S. The van der Waals surface area contributed by atoms with Crippen molar-refractivity contribution < 1.29 is 9.59 Å². The number of hydrogen-bond donors (Lipinski definition) is 0. The predicted molar refractivity (Wildman–Crippen MR) is 82.3 cm³/mol. The fourth-order valence-corrected chi connectivity index (χ4v) is 3.78. The highest BCUT2D eigenvalue weighted by Gasteiger charge is 2.24. The van der Waals surface area contributed by atoms with Gasteiger partial charge >= 0.3 is 0 Å². The van der Waals surface area contributed by atoms with Crippen LogP contribution < -0.4 is 0 Å². The number of rotatable bonds is 4. The zero-order chi connectivity index (χ0) is 14.7. The number of likely N-dealkylation sites (tertiary alicyclic amines) is 1. The predicted octanol–water partition coefficient (Wildman–Crippen LogP) is 3.59. The van der Waals surface area contributed by atoms with Crippen LogP contribution in [0.5, 0.6) is 0 Å². The molecule has 1 aromatic heterocycles. The fourth-order valence-electron chi connectivity index (χ4n) is 2.83. The molecule has 110 valence electrons. The number of hydrogen-bond acceptors (Lipinski definition) is 3. The van der Waals surface area contributed by atoms with E-state index in [0.717, 1.165) is 41.1 Å². The van der Waals surface area contributed by atoms with Crippen LogP contribution in [0.3, 0.4) is 0 Å². The molecular weight excluding hydrogens is 270 g/mol. The van der Waals surface area contributed by atoms with Gasteiger partial charge in [-0.25, -0.2) is 0 Å². The normalized spacial score (nSPS) is 20.1. The summed E-state index contributed by atoms with van der Waals surface area (Å²) in [5.41, 5.74) is 0.789. The lowest BCUT2D eigenvalue weighted by atomic mass is 9.98. The van der Waals surface area contributed by atoms with E-state index >= 15 is 0 Å². The molecule has 1 aromatic rings. The molecule has 1 aliphatic rings. The van der Waals surface area contributed by atoms with Gasteiger partial charge in [-0.1, -0.05) is 13.3 Å². The Bertz CT molecular complexity index is 507. The number of carbonyl (C=O) groups is 2. The second kappa shape index (κ2) is 6.53. The third-order valence-corrected chi connectivity index (χ3v) is 5.15. The lowest BCUT2D eigenvalue weighted by Gasteiger charge is -2.19. The van der Waals surface area contributed by atoms with Gasteiger partial charge in [-0.05, 0) is 38.7 Å². The lowest BCUT2D eigenvalue weighted by molar-refractivity contribution is -0.130. The van der Waals surface area contributed by atoms with Gasteiger partial charge in [0.15, 0.2) is 5.78 Å². The molecule has 0 N–H and O–H groups in total. The third kappa shape index (κ3) is 3.48. The van der Waals surface area contributed by atoms with Crippen LogP contribution in [0.15, 0.2) is 6.07 Å². The molecule has 1 amide bonds. The Kier molecular flexibility index (Phi) is 4.97. The largest absolute Gasteiger partial charge is 0.335 e. The second-order valence-electron chi connectivity index (χ2n) is 5.67.